The van der Waals surface area contributed by atoms with E-state index < -0.39 is 0 Å². The molecular formula is C23H26N4O3. The number of hydrogen-bond acceptors (Lipinski definition) is 6. The van der Waals surface area contributed by atoms with Crippen molar-refractivity contribution in [3.8, 4) is 11.5 Å². The number of aryl methyl sites for hydroxylation is 1. The van der Waals surface area contributed by atoms with Crippen LogP contribution in [-0.2, 0) is 16.0 Å². The molecule has 1 fully saturated rings. The van der Waals surface area contributed by atoms with Gasteiger partial charge in [0.05, 0.1) is 19.3 Å². The smallest absolute Gasteiger partial charge is 0.247 e. The first-order valence-electron chi connectivity index (χ1n) is 10.3. The lowest BCUT2D eigenvalue weighted by atomic mass is 10.0. The van der Waals surface area contributed by atoms with Gasteiger partial charge in [-0.2, -0.15) is 0 Å². The van der Waals surface area contributed by atoms with Crippen molar-refractivity contribution >= 4 is 5.91 Å². The molecule has 1 aromatic heterocycles. The summed E-state index contributed by atoms with van der Waals surface area (Å²) in [6.45, 7) is 3.72. The first kappa shape index (κ1) is 20.3. The van der Waals surface area contributed by atoms with Crippen LogP contribution in [0.5, 0.6) is 0 Å². The number of hydrogen-bond donors (Lipinski definition) is 1. The van der Waals surface area contributed by atoms with Gasteiger partial charge in [-0.05, 0) is 17.7 Å². The molecule has 0 saturated carbocycles. The number of morpholine rings is 1. The Kier molecular flexibility index (Phi) is 6.84. The largest absolute Gasteiger partial charge is 0.421 e. The zero-order valence-corrected chi connectivity index (χ0v) is 16.9. The molecule has 1 saturated heterocycles. The molecule has 1 N–H and O–H groups in total. The zero-order chi connectivity index (χ0) is 20.6. The van der Waals surface area contributed by atoms with Crippen molar-refractivity contribution in [1.29, 1.82) is 0 Å². The van der Waals surface area contributed by atoms with Gasteiger partial charge in [0, 0.05) is 38.0 Å². The predicted octanol–water partition coefficient (Wildman–Crippen LogP) is 2.86. The molecule has 0 bridgehead atoms. The molecule has 7 heteroatoms. The molecule has 7 nitrogen and oxygen atoms in total. The van der Waals surface area contributed by atoms with E-state index in [0.717, 1.165) is 31.9 Å². The van der Waals surface area contributed by atoms with Crippen molar-refractivity contribution in [1.82, 2.24) is 20.4 Å². The number of nitrogens with one attached hydrogen (secondary N) is 1. The van der Waals surface area contributed by atoms with E-state index in [0.29, 0.717) is 31.2 Å². The first-order valence-corrected chi connectivity index (χ1v) is 10.3. The van der Waals surface area contributed by atoms with Crippen LogP contribution in [0.2, 0.25) is 0 Å². The molecule has 1 aliphatic rings. The van der Waals surface area contributed by atoms with E-state index in [-0.39, 0.29) is 11.9 Å². The molecule has 2 aromatic carbocycles. The van der Waals surface area contributed by atoms with Gasteiger partial charge in [0.15, 0.2) is 0 Å². The van der Waals surface area contributed by atoms with E-state index in [1.165, 1.54) is 5.56 Å². The van der Waals surface area contributed by atoms with Crippen LogP contribution in [-0.4, -0.2) is 53.9 Å². The molecule has 0 spiro atoms. The summed E-state index contributed by atoms with van der Waals surface area (Å²) in [6.07, 6.45) is 0.722. The minimum atomic E-state index is -0.0244. The zero-order valence-electron chi connectivity index (χ0n) is 16.9. The third-order valence-electron chi connectivity index (χ3n) is 5.22. The number of carbonyl (C=O) groups is 1. The lowest BCUT2D eigenvalue weighted by molar-refractivity contribution is -0.121. The SMILES string of the molecule is O=C(CCc1nnc(-c2ccccc2)o1)NCC(c1ccccc1)N1CCOCC1. The molecule has 1 atom stereocenters. The summed E-state index contributed by atoms with van der Waals surface area (Å²) in [7, 11) is 0. The second-order valence-electron chi connectivity index (χ2n) is 7.25. The van der Waals surface area contributed by atoms with Crippen molar-refractivity contribution in [3.63, 3.8) is 0 Å². The van der Waals surface area contributed by atoms with Crippen LogP contribution in [0.1, 0.15) is 23.9 Å². The van der Waals surface area contributed by atoms with E-state index in [1.807, 2.05) is 48.5 Å². The van der Waals surface area contributed by atoms with Gasteiger partial charge >= 0.3 is 0 Å². The van der Waals surface area contributed by atoms with E-state index >= 15 is 0 Å². The Labute approximate surface area is 176 Å². The minimum absolute atomic E-state index is 0.0244. The average Bonchev–Trinajstić information content (AvgIpc) is 3.29. The third-order valence-corrected chi connectivity index (χ3v) is 5.22. The Morgan fingerprint density at radius 1 is 1.00 bits per heavy atom. The minimum Gasteiger partial charge on any atom is -0.421 e. The molecule has 0 radical (unpaired) electrons. The maximum absolute atomic E-state index is 12.5. The van der Waals surface area contributed by atoms with Gasteiger partial charge in [0.1, 0.15) is 0 Å². The summed E-state index contributed by atoms with van der Waals surface area (Å²) in [5, 5.41) is 11.2. The van der Waals surface area contributed by atoms with Gasteiger partial charge < -0.3 is 14.5 Å². The quantitative estimate of drug-likeness (QED) is 0.620. The predicted molar refractivity (Wildman–Crippen MR) is 113 cm³/mol. The first-order chi connectivity index (χ1) is 14.8. The summed E-state index contributed by atoms with van der Waals surface area (Å²) >= 11 is 0. The molecule has 1 aliphatic heterocycles. The summed E-state index contributed by atoms with van der Waals surface area (Å²) in [5.41, 5.74) is 2.07. The van der Waals surface area contributed by atoms with E-state index in [9.17, 15) is 4.79 Å². The van der Waals surface area contributed by atoms with Crippen LogP contribution in [0.4, 0.5) is 0 Å². The Hall–Kier alpha value is -3.03. The van der Waals surface area contributed by atoms with Crippen LogP contribution in [0.3, 0.4) is 0 Å². The van der Waals surface area contributed by atoms with Gasteiger partial charge in [0.25, 0.3) is 0 Å². The average molecular weight is 406 g/mol. The number of benzene rings is 2. The molecule has 1 unspecified atom stereocenters. The second kappa shape index (κ2) is 10.1. The molecule has 2 heterocycles. The van der Waals surface area contributed by atoms with Gasteiger partial charge in [0.2, 0.25) is 17.7 Å². The lowest BCUT2D eigenvalue weighted by Crippen LogP contribution is -2.43. The topological polar surface area (TPSA) is 80.5 Å². The molecule has 1 amide bonds. The van der Waals surface area contributed by atoms with Crippen LogP contribution in [0.25, 0.3) is 11.5 Å². The summed E-state index contributed by atoms with van der Waals surface area (Å²) < 4.78 is 11.2. The monoisotopic (exact) mass is 406 g/mol. The number of carbonyl (C=O) groups excluding carboxylic acids is 1. The van der Waals surface area contributed by atoms with Crippen molar-refractivity contribution in [2.24, 2.45) is 0 Å². The van der Waals surface area contributed by atoms with Crippen LogP contribution >= 0.6 is 0 Å². The normalized spacial score (nSPS) is 15.6. The number of rotatable bonds is 8. The molecule has 3 aromatic rings. The van der Waals surface area contributed by atoms with Gasteiger partial charge in [-0.15, -0.1) is 10.2 Å². The summed E-state index contributed by atoms with van der Waals surface area (Å²) in [4.78, 5) is 14.8. The Balaban J connectivity index is 1.31. The molecule has 30 heavy (non-hydrogen) atoms. The Morgan fingerprint density at radius 2 is 1.70 bits per heavy atom. The fourth-order valence-corrected chi connectivity index (χ4v) is 3.59. The summed E-state index contributed by atoms with van der Waals surface area (Å²) in [6, 6.07) is 20.0. The molecule has 4 rings (SSSR count). The standard InChI is InChI=1S/C23H26N4O3/c28-21(11-12-22-25-26-23(30-22)19-9-5-2-6-10-19)24-17-20(18-7-3-1-4-8-18)27-13-15-29-16-14-27/h1-10,20H,11-17H2,(H,24,28). The van der Waals surface area contributed by atoms with Crippen molar-refractivity contribution in [2.75, 3.05) is 32.8 Å². The fourth-order valence-electron chi connectivity index (χ4n) is 3.59. The third kappa shape index (κ3) is 5.31. The highest BCUT2D eigenvalue weighted by Gasteiger charge is 2.23. The molecule has 156 valence electrons. The van der Waals surface area contributed by atoms with Gasteiger partial charge in [-0.25, -0.2) is 0 Å². The van der Waals surface area contributed by atoms with Crippen molar-refractivity contribution in [3.05, 3.63) is 72.1 Å². The van der Waals surface area contributed by atoms with Crippen LogP contribution in [0.15, 0.2) is 65.1 Å². The van der Waals surface area contributed by atoms with E-state index in [1.54, 1.807) is 0 Å². The maximum Gasteiger partial charge on any atom is 0.247 e. The number of nitrogens with zero attached hydrogens (tertiary/aromatic N) is 3. The lowest BCUT2D eigenvalue weighted by Gasteiger charge is -2.35. The van der Waals surface area contributed by atoms with E-state index in [4.69, 9.17) is 9.15 Å². The van der Waals surface area contributed by atoms with Crippen LogP contribution < -0.4 is 5.32 Å². The maximum atomic E-state index is 12.5. The fraction of sp³-hybridized carbons (Fsp3) is 0.348. The Morgan fingerprint density at radius 3 is 2.43 bits per heavy atom. The highest BCUT2D eigenvalue weighted by Crippen LogP contribution is 2.21. The highest BCUT2D eigenvalue weighted by molar-refractivity contribution is 5.76. The summed E-state index contributed by atoms with van der Waals surface area (Å²) in [5.74, 6) is 0.919. The number of ether oxygens (including phenoxy) is 1. The highest BCUT2D eigenvalue weighted by atomic mass is 16.5. The number of aromatic nitrogens is 2. The van der Waals surface area contributed by atoms with E-state index in [2.05, 4.69) is 32.5 Å². The number of amides is 1. The van der Waals surface area contributed by atoms with Crippen molar-refractivity contribution < 1.29 is 13.9 Å². The van der Waals surface area contributed by atoms with Crippen molar-refractivity contribution in [2.45, 2.75) is 18.9 Å². The Bertz CT molecular complexity index is 924. The molecular weight excluding hydrogens is 380 g/mol. The van der Waals surface area contributed by atoms with Gasteiger partial charge in [-0.1, -0.05) is 48.5 Å². The van der Waals surface area contributed by atoms with Gasteiger partial charge in [-0.3, -0.25) is 9.69 Å². The second-order valence-corrected chi connectivity index (χ2v) is 7.25. The molecule has 0 aliphatic carbocycles. The van der Waals surface area contributed by atoms with Crippen LogP contribution in [0, 0.1) is 0 Å².